The third kappa shape index (κ3) is 3.35. The molecule has 1 heterocycles. The van der Waals surface area contributed by atoms with E-state index >= 15 is 0 Å². The Kier molecular flexibility index (Phi) is 4.59. The molecule has 0 radical (unpaired) electrons. The van der Waals surface area contributed by atoms with Crippen LogP contribution in [0.15, 0.2) is 56.8 Å². The molecular weight excluding hydrogens is 378 g/mol. The molecule has 0 fully saturated rings. The van der Waals surface area contributed by atoms with Crippen molar-refractivity contribution in [3.05, 3.63) is 73.7 Å². The normalized spacial score (nSPS) is 11.4. The molecule has 0 aliphatic carbocycles. The monoisotopic (exact) mass is 389 g/mol. The molecule has 0 bridgehead atoms. The average Bonchev–Trinajstić information content (AvgIpc) is 2.56. The largest absolute Gasteiger partial charge is 0.282 e. The minimum Gasteiger partial charge on any atom is -0.267 e. The van der Waals surface area contributed by atoms with E-state index < -0.39 is 0 Å². The van der Waals surface area contributed by atoms with Crippen LogP contribution in [-0.4, -0.2) is 15.9 Å². The molecule has 23 heavy (non-hydrogen) atoms. The van der Waals surface area contributed by atoms with Gasteiger partial charge in [0.15, 0.2) is 0 Å². The molecule has 1 aromatic heterocycles. The van der Waals surface area contributed by atoms with Gasteiger partial charge in [0.25, 0.3) is 5.56 Å². The van der Waals surface area contributed by atoms with Gasteiger partial charge in [-0.15, -0.1) is 0 Å². The Morgan fingerprint density at radius 3 is 2.70 bits per heavy atom. The summed E-state index contributed by atoms with van der Waals surface area (Å²) in [4.78, 5) is 17.2. The first-order chi connectivity index (χ1) is 11.1. The zero-order chi connectivity index (χ0) is 16.4. The summed E-state index contributed by atoms with van der Waals surface area (Å²) in [6.07, 6.45) is 2.24. The van der Waals surface area contributed by atoms with Gasteiger partial charge in [-0.1, -0.05) is 46.6 Å². The summed E-state index contributed by atoms with van der Waals surface area (Å²) in [5.74, 6) is 0.620. The number of nitrogens with zero attached hydrogens (tertiary/aromatic N) is 3. The van der Waals surface area contributed by atoms with Crippen LogP contribution in [0.3, 0.4) is 0 Å². The lowest BCUT2D eigenvalue weighted by molar-refractivity contribution is 0.734. The van der Waals surface area contributed by atoms with Gasteiger partial charge in [-0.2, -0.15) is 9.78 Å². The maximum Gasteiger partial charge on any atom is 0.282 e. The van der Waals surface area contributed by atoms with Crippen molar-refractivity contribution >= 4 is 44.6 Å². The van der Waals surface area contributed by atoms with Crippen molar-refractivity contribution in [1.29, 1.82) is 0 Å². The molecule has 0 spiro atoms. The number of aromatic nitrogens is 2. The third-order valence-electron chi connectivity index (χ3n) is 3.38. The number of fused-ring (bicyclic) bond motifs is 1. The summed E-state index contributed by atoms with van der Waals surface area (Å²) >= 11 is 9.25. The number of benzene rings is 2. The highest BCUT2D eigenvalue weighted by molar-refractivity contribution is 9.10. The zero-order valence-electron chi connectivity index (χ0n) is 12.3. The molecule has 0 unspecified atom stereocenters. The Labute approximate surface area is 146 Å². The van der Waals surface area contributed by atoms with Gasteiger partial charge >= 0.3 is 0 Å². The maximum atomic E-state index is 12.7. The molecule has 2 aromatic carbocycles. The van der Waals surface area contributed by atoms with E-state index in [9.17, 15) is 4.79 Å². The fraction of sp³-hybridized carbons (Fsp3) is 0.118. The minimum atomic E-state index is -0.182. The van der Waals surface area contributed by atoms with Crippen LogP contribution in [0.5, 0.6) is 0 Å². The maximum absolute atomic E-state index is 12.7. The van der Waals surface area contributed by atoms with Crippen LogP contribution in [0.4, 0.5) is 0 Å². The van der Waals surface area contributed by atoms with Gasteiger partial charge in [0.2, 0.25) is 0 Å². The number of rotatable bonds is 3. The van der Waals surface area contributed by atoms with Crippen LogP contribution in [0.2, 0.25) is 5.02 Å². The lowest BCUT2D eigenvalue weighted by Gasteiger charge is -2.07. The molecule has 4 nitrogen and oxygen atoms in total. The van der Waals surface area contributed by atoms with E-state index in [1.807, 2.05) is 31.2 Å². The molecular formula is C17H13BrClN3O. The van der Waals surface area contributed by atoms with E-state index in [4.69, 9.17) is 11.6 Å². The third-order valence-corrected chi connectivity index (χ3v) is 4.13. The lowest BCUT2D eigenvalue weighted by atomic mass is 10.2. The summed E-state index contributed by atoms with van der Waals surface area (Å²) < 4.78 is 2.19. The number of aryl methyl sites for hydroxylation is 1. The fourth-order valence-corrected chi connectivity index (χ4v) is 2.70. The molecule has 0 saturated heterocycles. The highest BCUT2D eigenvalue weighted by Crippen LogP contribution is 2.16. The van der Waals surface area contributed by atoms with Gasteiger partial charge < -0.3 is 0 Å². The number of hydrogen-bond acceptors (Lipinski definition) is 3. The van der Waals surface area contributed by atoms with Crippen molar-refractivity contribution in [2.45, 2.75) is 13.3 Å². The van der Waals surface area contributed by atoms with E-state index in [0.717, 1.165) is 10.0 Å². The van der Waals surface area contributed by atoms with Crippen molar-refractivity contribution in [2.75, 3.05) is 0 Å². The first kappa shape index (κ1) is 15.9. The van der Waals surface area contributed by atoms with Crippen molar-refractivity contribution in [3.8, 4) is 0 Å². The summed E-state index contributed by atoms with van der Waals surface area (Å²) in [5.41, 5.74) is 1.35. The highest BCUT2D eigenvalue weighted by atomic mass is 79.9. The Hall–Kier alpha value is -1.98. The van der Waals surface area contributed by atoms with Crippen LogP contribution in [0.1, 0.15) is 18.3 Å². The molecule has 0 amide bonds. The zero-order valence-corrected chi connectivity index (χ0v) is 14.7. The van der Waals surface area contributed by atoms with Crippen LogP contribution >= 0.6 is 27.5 Å². The van der Waals surface area contributed by atoms with Crippen molar-refractivity contribution < 1.29 is 0 Å². The van der Waals surface area contributed by atoms with Crippen LogP contribution in [0.25, 0.3) is 10.9 Å². The molecule has 0 N–H and O–H groups in total. The molecule has 3 rings (SSSR count). The number of halogens is 2. The van der Waals surface area contributed by atoms with Gasteiger partial charge in [-0.05, 0) is 35.9 Å². The molecule has 0 saturated carbocycles. The Morgan fingerprint density at radius 1 is 1.26 bits per heavy atom. The summed E-state index contributed by atoms with van der Waals surface area (Å²) in [7, 11) is 0. The average molecular weight is 391 g/mol. The van der Waals surface area contributed by atoms with Crippen molar-refractivity contribution in [3.63, 3.8) is 0 Å². The predicted octanol–water partition coefficient (Wildman–Crippen LogP) is 4.26. The molecule has 3 aromatic rings. The first-order valence-corrected chi connectivity index (χ1v) is 8.26. The molecule has 0 aliphatic heterocycles. The van der Waals surface area contributed by atoms with E-state index in [0.29, 0.717) is 28.2 Å². The predicted molar refractivity (Wildman–Crippen MR) is 97.5 cm³/mol. The summed E-state index contributed by atoms with van der Waals surface area (Å²) in [6, 6.07) is 12.7. The highest BCUT2D eigenvalue weighted by Gasteiger charge is 2.09. The Morgan fingerprint density at radius 2 is 2.00 bits per heavy atom. The Balaban J connectivity index is 2.13. The van der Waals surface area contributed by atoms with Crippen LogP contribution < -0.4 is 5.56 Å². The van der Waals surface area contributed by atoms with Crippen molar-refractivity contribution in [1.82, 2.24) is 9.66 Å². The SMILES string of the molecule is CCc1nc2ccc(Br)cc2c(=O)n1N=Cc1ccc(Cl)cc1. The fourth-order valence-electron chi connectivity index (χ4n) is 2.22. The van der Waals surface area contributed by atoms with E-state index in [2.05, 4.69) is 26.0 Å². The van der Waals surface area contributed by atoms with Crippen molar-refractivity contribution in [2.24, 2.45) is 5.10 Å². The quantitative estimate of drug-likeness (QED) is 0.627. The topological polar surface area (TPSA) is 47.2 Å². The second-order valence-corrected chi connectivity index (χ2v) is 6.31. The second-order valence-electron chi connectivity index (χ2n) is 4.96. The minimum absolute atomic E-state index is 0.182. The van der Waals surface area contributed by atoms with E-state index in [-0.39, 0.29) is 5.56 Å². The van der Waals surface area contributed by atoms with Gasteiger partial charge in [-0.25, -0.2) is 4.98 Å². The van der Waals surface area contributed by atoms with Gasteiger partial charge in [0, 0.05) is 15.9 Å². The van der Waals surface area contributed by atoms with Gasteiger partial charge in [-0.3, -0.25) is 4.79 Å². The van der Waals surface area contributed by atoms with Crippen LogP contribution in [0, 0.1) is 0 Å². The van der Waals surface area contributed by atoms with Crippen LogP contribution in [-0.2, 0) is 6.42 Å². The second kappa shape index (κ2) is 6.64. The lowest BCUT2D eigenvalue weighted by Crippen LogP contribution is -2.22. The number of hydrogen-bond donors (Lipinski definition) is 0. The van der Waals surface area contributed by atoms with E-state index in [1.165, 1.54) is 4.68 Å². The molecule has 116 valence electrons. The van der Waals surface area contributed by atoms with Gasteiger partial charge in [0.1, 0.15) is 5.82 Å². The van der Waals surface area contributed by atoms with E-state index in [1.54, 1.807) is 24.4 Å². The summed E-state index contributed by atoms with van der Waals surface area (Å²) in [6.45, 7) is 1.95. The summed E-state index contributed by atoms with van der Waals surface area (Å²) in [5, 5.41) is 5.50. The smallest absolute Gasteiger partial charge is 0.267 e. The Bertz CT molecular complexity index is 948. The molecule has 6 heteroatoms. The molecule has 0 aliphatic rings. The van der Waals surface area contributed by atoms with Gasteiger partial charge in [0.05, 0.1) is 17.1 Å². The molecule has 0 atom stereocenters. The standard InChI is InChI=1S/C17H13BrClN3O/c1-2-16-21-15-8-5-12(18)9-14(15)17(23)22(16)20-10-11-3-6-13(19)7-4-11/h3-10H,2H2,1H3. The first-order valence-electron chi connectivity index (χ1n) is 7.09.